The smallest absolute Gasteiger partial charge is 0.336 e. The molecule has 0 saturated heterocycles. The first kappa shape index (κ1) is 21.3. The quantitative estimate of drug-likeness (QED) is 0.506. The Morgan fingerprint density at radius 2 is 1.56 bits per heavy atom. The highest BCUT2D eigenvalue weighted by Crippen LogP contribution is 2.22. The summed E-state index contributed by atoms with van der Waals surface area (Å²) in [5.74, 6) is -1.06. The third kappa shape index (κ3) is 8.46. The fourth-order valence-electron chi connectivity index (χ4n) is 3.96. The lowest BCUT2D eigenvalue weighted by molar-refractivity contribution is -0.138. The number of rotatable bonds is 6. The van der Waals surface area contributed by atoms with Gasteiger partial charge in [0.15, 0.2) is 0 Å². The number of hydrogen-bond donors (Lipinski definition) is 3. The molecule has 0 spiro atoms. The van der Waals surface area contributed by atoms with Crippen LogP contribution >= 0.6 is 0 Å². The van der Waals surface area contributed by atoms with Crippen LogP contribution in [0.5, 0.6) is 0 Å². The summed E-state index contributed by atoms with van der Waals surface area (Å²) in [7, 11) is 0. The Kier molecular flexibility index (Phi) is 9.74. The van der Waals surface area contributed by atoms with Crippen molar-refractivity contribution in [3.05, 3.63) is 35.9 Å². The molecule has 1 aromatic rings. The van der Waals surface area contributed by atoms with Gasteiger partial charge in [-0.05, 0) is 31.2 Å². The van der Waals surface area contributed by atoms with Crippen LogP contribution in [0.2, 0.25) is 0 Å². The molecule has 2 aliphatic carbocycles. The lowest BCUT2D eigenvalue weighted by Crippen LogP contribution is -2.40. The van der Waals surface area contributed by atoms with Gasteiger partial charge in [0.2, 0.25) is 11.0 Å². The predicted molar refractivity (Wildman–Crippen MR) is 106 cm³/mol. The highest BCUT2D eigenvalue weighted by Gasteiger charge is 2.22. The molecule has 6 heteroatoms. The molecular weight excluding hydrogens is 340 g/mol. The molecule has 1 aromatic carbocycles. The van der Waals surface area contributed by atoms with Gasteiger partial charge in [-0.2, -0.15) is 0 Å². The molecule has 1 atom stereocenters. The molecule has 2 aliphatic rings. The van der Waals surface area contributed by atoms with Crippen molar-refractivity contribution in [1.29, 1.82) is 5.53 Å². The Balaban J connectivity index is 0.000000194. The molecule has 0 bridgehead atoms. The Hall–Kier alpha value is -2.04. The maximum Gasteiger partial charge on any atom is 0.336 e. The van der Waals surface area contributed by atoms with E-state index in [-0.39, 0.29) is 6.42 Å². The van der Waals surface area contributed by atoms with Gasteiger partial charge in [-0.1, -0.05) is 68.9 Å². The zero-order chi connectivity index (χ0) is 19.3. The summed E-state index contributed by atoms with van der Waals surface area (Å²) in [5, 5.41) is 15.9. The first-order valence-corrected chi connectivity index (χ1v) is 10.3. The summed E-state index contributed by atoms with van der Waals surface area (Å²) in [6.07, 6.45) is 14.8. The summed E-state index contributed by atoms with van der Waals surface area (Å²) in [6.45, 7) is 0. The van der Waals surface area contributed by atoms with E-state index in [2.05, 4.69) is 15.3 Å². The minimum absolute atomic E-state index is 0.262. The van der Waals surface area contributed by atoms with Crippen LogP contribution in [0.1, 0.15) is 69.8 Å². The van der Waals surface area contributed by atoms with Gasteiger partial charge in [-0.15, -0.1) is 0 Å². The van der Waals surface area contributed by atoms with Crippen LogP contribution in [0, 0.1) is 5.53 Å². The van der Waals surface area contributed by atoms with Crippen molar-refractivity contribution in [2.45, 2.75) is 88.8 Å². The van der Waals surface area contributed by atoms with Gasteiger partial charge in [0.05, 0.1) is 0 Å². The number of aliphatic carboxylic acids is 1. The Bertz CT molecular complexity index is 571. The van der Waals surface area contributed by atoms with Crippen LogP contribution in [0.4, 0.5) is 0 Å². The Labute approximate surface area is 162 Å². The molecule has 0 aromatic heterocycles. The highest BCUT2D eigenvalue weighted by atomic mass is 16.4. The lowest BCUT2D eigenvalue weighted by Gasteiger charge is -2.30. The second-order valence-electron chi connectivity index (χ2n) is 7.60. The van der Waals surface area contributed by atoms with Crippen LogP contribution in [0.3, 0.4) is 0 Å². The molecule has 0 heterocycles. The largest absolute Gasteiger partial charge is 0.479 e. The molecular formula is C21H33N4O2+. The number of carboxylic acid groups (broad SMARTS) is 1. The van der Waals surface area contributed by atoms with Crippen molar-refractivity contribution in [1.82, 2.24) is 10.2 Å². The molecule has 148 valence electrons. The third-order valence-corrected chi connectivity index (χ3v) is 5.44. The Morgan fingerprint density at radius 3 is 2.00 bits per heavy atom. The van der Waals surface area contributed by atoms with Crippen molar-refractivity contribution in [2.24, 2.45) is 5.11 Å². The Morgan fingerprint density at radius 1 is 1.04 bits per heavy atom. The van der Waals surface area contributed by atoms with Gasteiger partial charge >= 0.3 is 5.97 Å². The number of benzene rings is 1. The molecule has 3 rings (SSSR count). The number of carboxylic acids is 1. The first-order valence-electron chi connectivity index (χ1n) is 10.3. The maximum atomic E-state index is 10.7. The summed E-state index contributed by atoms with van der Waals surface area (Å²) >= 11 is 0. The number of nitrogens with one attached hydrogen (secondary N) is 2. The van der Waals surface area contributed by atoms with E-state index < -0.39 is 12.0 Å². The molecule has 2 fully saturated rings. The second kappa shape index (κ2) is 12.4. The van der Waals surface area contributed by atoms with Gasteiger partial charge in [-0.3, -0.25) is 0 Å². The predicted octanol–water partition coefficient (Wildman–Crippen LogP) is 4.47. The van der Waals surface area contributed by atoms with E-state index in [9.17, 15) is 4.79 Å². The van der Waals surface area contributed by atoms with Crippen LogP contribution in [0.15, 0.2) is 35.4 Å². The number of hydrogen-bond acceptors (Lipinski definition) is 4. The number of carbonyl (C=O) groups is 1. The zero-order valence-electron chi connectivity index (χ0n) is 16.1. The normalized spacial score (nSPS) is 19.3. The fraction of sp³-hybridized carbons (Fsp3) is 0.667. The molecule has 0 unspecified atom stereocenters. The molecule has 3 N–H and O–H groups in total. The third-order valence-electron chi connectivity index (χ3n) is 5.44. The topological polar surface area (TPSA) is 99.6 Å². The van der Waals surface area contributed by atoms with Gasteiger partial charge in [0.25, 0.3) is 0 Å². The van der Waals surface area contributed by atoms with Crippen molar-refractivity contribution in [2.75, 3.05) is 0 Å². The monoisotopic (exact) mass is 373 g/mol. The summed E-state index contributed by atoms with van der Waals surface area (Å²) < 4.78 is 0. The zero-order valence-corrected chi connectivity index (χ0v) is 16.1. The minimum Gasteiger partial charge on any atom is -0.479 e. The van der Waals surface area contributed by atoms with Crippen molar-refractivity contribution in [3.63, 3.8) is 0 Å². The molecule has 0 radical (unpaired) electrons. The molecule has 2 saturated carbocycles. The van der Waals surface area contributed by atoms with E-state index >= 15 is 0 Å². The minimum atomic E-state index is -1.06. The van der Waals surface area contributed by atoms with Crippen molar-refractivity contribution in [3.8, 4) is 0 Å². The van der Waals surface area contributed by atoms with Gasteiger partial charge in [0, 0.05) is 18.5 Å². The summed E-state index contributed by atoms with van der Waals surface area (Å²) in [6, 6.07) is 9.91. The van der Waals surface area contributed by atoms with E-state index in [4.69, 9.17) is 10.6 Å². The van der Waals surface area contributed by atoms with Crippen LogP contribution < -0.4 is 10.2 Å². The molecule has 0 aliphatic heterocycles. The fourth-order valence-corrected chi connectivity index (χ4v) is 3.96. The van der Waals surface area contributed by atoms with Gasteiger partial charge in [-0.25, -0.2) is 4.79 Å². The van der Waals surface area contributed by atoms with Gasteiger partial charge in [0.1, 0.15) is 10.6 Å². The van der Waals surface area contributed by atoms with Crippen molar-refractivity contribution >= 4 is 5.97 Å². The average Bonchev–Trinajstić information content (AvgIpc) is 2.70. The van der Waals surface area contributed by atoms with E-state index in [1.54, 1.807) is 0 Å². The molecule has 0 amide bonds. The van der Waals surface area contributed by atoms with Gasteiger partial charge < -0.3 is 10.4 Å². The van der Waals surface area contributed by atoms with Crippen LogP contribution in [-0.4, -0.2) is 29.2 Å². The van der Waals surface area contributed by atoms with E-state index in [0.29, 0.717) is 0 Å². The average molecular weight is 374 g/mol. The van der Waals surface area contributed by atoms with Crippen molar-refractivity contribution < 1.29 is 9.90 Å². The maximum absolute atomic E-state index is 10.7. The standard InChI is InChI=1S/C12H23N.C9H9N3O2/c1-3-7-11(8-4-1)13-12-9-5-2-6-10-12;10-12-11-8(9(13)14)6-7-4-2-1-3-5-7/h11-13H,1-10H2;1-5,8,10H,6H2/p+1/t;8-/m.0/s1. The van der Waals surface area contributed by atoms with E-state index in [1.165, 1.54) is 64.2 Å². The summed E-state index contributed by atoms with van der Waals surface area (Å²) in [4.78, 5) is 13.4. The second-order valence-corrected chi connectivity index (χ2v) is 7.60. The highest BCUT2D eigenvalue weighted by molar-refractivity contribution is 5.73. The SMILES string of the molecule is C1CCC(NC2CCCCC2)CC1.N=[N+]=N[C@@H](Cc1ccccc1)C(=O)O. The van der Waals surface area contributed by atoms with Crippen LogP contribution in [0.25, 0.3) is 0 Å². The van der Waals surface area contributed by atoms with E-state index in [0.717, 1.165) is 17.6 Å². The van der Waals surface area contributed by atoms with E-state index in [1.807, 2.05) is 30.3 Å². The summed E-state index contributed by atoms with van der Waals surface area (Å²) in [5.41, 5.74) is 7.36. The molecule has 27 heavy (non-hydrogen) atoms. The number of nitrogens with zero attached hydrogens (tertiary/aromatic N) is 2. The molecule has 6 nitrogen and oxygen atoms in total. The lowest BCUT2D eigenvalue weighted by atomic mass is 9.91. The first-order chi connectivity index (χ1) is 13.2. The van der Waals surface area contributed by atoms with Crippen LogP contribution in [-0.2, 0) is 11.2 Å².